The van der Waals surface area contributed by atoms with E-state index in [1.54, 1.807) is 4.90 Å². The Balaban J connectivity index is 1.57. The number of aliphatic hydroxyl groups excluding tert-OH is 1. The highest BCUT2D eigenvalue weighted by atomic mass is 16.4. The molecule has 21 heavy (non-hydrogen) atoms. The van der Waals surface area contributed by atoms with E-state index < -0.39 is 5.97 Å². The molecular weight excluding hydrogens is 276 g/mol. The van der Waals surface area contributed by atoms with Gasteiger partial charge in [0.1, 0.15) is 6.54 Å². The first kappa shape index (κ1) is 13.9. The molecule has 3 atom stereocenters. The van der Waals surface area contributed by atoms with Gasteiger partial charge in [-0.1, -0.05) is 0 Å². The van der Waals surface area contributed by atoms with Gasteiger partial charge in [0.15, 0.2) is 0 Å². The van der Waals surface area contributed by atoms with Crippen molar-refractivity contribution in [3.05, 3.63) is 12.4 Å². The summed E-state index contributed by atoms with van der Waals surface area (Å²) in [6.45, 7) is 0.994. The van der Waals surface area contributed by atoms with Gasteiger partial charge in [-0.15, -0.1) is 0 Å². The van der Waals surface area contributed by atoms with Crippen molar-refractivity contribution in [2.75, 3.05) is 18.4 Å². The summed E-state index contributed by atoms with van der Waals surface area (Å²) in [7, 11) is 0. The largest absolute Gasteiger partial charge is 0.480 e. The maximum atomic E-state index is 12.2. The first-order valence-electron chi connectivity index (χ1n) is 7.01. The molecule has 1 aliphatic heterocycles. The van der Waals surface area contributed by atoms with E-state index in [2.05, 4.69) is 10.4 Å². The number of nitrogens with one attached hydrogen (secondary N) is 1. The molecule has 0 aromatic carbocycles. The molecule has 2 fully saturated rings. The molecule has 1 aromatic heterocycles. The van der Waals surface area contributed by atoms with Crippen molar-refractivity contribution in [2.24, 2.45) is 11.8 Å². The van der Waals surface area contributed by atoms with Crippen LogP contribution in [0.2, 0.25) is 0 Å². The number of carbonyl (C=O) groups is 2. The number of hydrogen-bond acceptors (Lipinski definition) is 4. The first-order valence-corrected chi connectivity index (χ1v) is 7.01. The molecule has 8 heteroatoms. The number of carbonyl (C=O) groups excluding carboxylic acids is 1. The lowest BCUT2D eigenvalue weighted by atomic mass is 10.00. The minimum absolute atomic E-state index is 0.186. The smallest absolute Gasteiger partial charge is 0.325 e. The van der Waals surface area contributed by atoms with Crippen LogP contribution in [0.1, 0.15) is 12.8 Å². The number of aromatic nitrogens is 2. The van der Waals surface area contributed by atoms with E-state index in [1.165, 1.54) is 17.1 Å². The Bertz CT molecular complexity index is 558. The highest BCUT2D eigenvalue weighted by Gasteiger charge is 2.43. The van der Waals surface area contributed by atoms with Crippen molar-refractivity contribution >= 4 is 17.7 Å². The van der Waals surface area contributed by atoms with Gasteiger partial charge in [-0.05, 0) is 18.8 Å². The van der Waals surface area contributed by atoms with Crippen LogP contribution in [-0.2, 0) is 11.3 Å². The number of carboxylic acids is 1. The van der Waals surface area contributed by atoms with Crippen molar-refractivity contribution in [1.29, 1.82) is 0 Å². The van der Waals surface area contributed by atoms with E-state index in [4.69, 9.17) is 5.11 Å². The van der Waals surface area contributed by atoms with Crippen LogP contribution in [0.5, 0.6) is 0 Å². The number of fused-ring (bicyclic) bond motifs is 1. The third kappa shape index (κ3) is 2.85. The molecule has 0 spiro atoms. The normalized spacial score (nSPS) is 27.7. The SMILES string of the molecule is O=C(O)Cn1cc(NC(=O)N2CC3CCC(O)C3C2)cn1. The van der Waals surface area contributed by atoms with E-state index in [0.717, 1.165) is 12.8 Å². The van der Waals surface area contributed by atoms with Crippen LogP contribution in [0.25, 0.3) is 0 Å². The van der Waals surface area contributed by atoms with Crippen molar-refractivity contribution in [2.45, 2.75) is 25.5 Å². The Morgan fingerprint density at radius 2 is 2.19 bits per heavy atom. The van der Waals surface area contributed by atoms with Gasteiger partial charge >= 0.3 is 12.0 Å². The van der Waals surface area contributed by atoms with E-state index in [1.807, 2.05) is 0 Å². The van der Waals surface area contributed by atoms with Gasteiger partial charge < -0.3 is 20.4 Å². The minimum atomic E-state index is -0.989. The summed E-state index contributed by atoms with van der Waals surface area (Å²) in [6.07, 6.45) is 4.40. The molecule has 3 N–H and O–H groups in total. The summed E-state index contributed by atoms with van der Waals surface area (Å²) in [5, 5.41) is 25.1. The number of hydrogen-bond donors (Lipinski definition) is 3. The molecule has 3 rings (SSSR count). The molecule has 114 valence electrons. The van der Waals surface area contributed by atoms with E-state index in [0.29, 0.717) is 24.7 Å². The molecule has 8 nitrogen and oxygen atoms in total. The van der Waals surface area contributed by atoms with E-state index in [-0.39, 0.29) is 24.6 Å². The highest BCUT2D eigenvalue weighted by Crippen LogP contribution is 2.38. The summed E-state index contributed by atoms with van der Waals surface area (Å²) in [4.78, 5) is 24.4. The number of rotatable bonds is 3. The fraction of sp³-hybridized carbons (Fsp3) is 0.615. The number of anilines is 1. The first-order chi connectivity index (χ1) is 10.0. The number of nitrogens with zero attached hydrogens (tertiary/aromatic N) is 3. The molecular formula is C13H18N4O4. The van der Waals surface area contributed by atoms with Crippen molar-refractivity contribution in [3.8, 4) is 0 Å². The second kappa shape index (κ2) is 5.36. The van der Waals surface area contributed by atoms with Gasteiger partial charge in [0.25, 0.3) is 0 Å². The van der Waals surface area contributed by atoms with Gasteiger partial charge in [-0.25, -0.2) is 4.79 Å². The van der Waals surface area contributed by atoms with Crippen LogP contribution >= 0.6 is 0 Å². The second-order valence-corrected chi connectivity index (χ2v) is 5.72. The van der Waals surface area contributed by atoms with Crippen LogP contribution in [0.4, 0.5) is 10.5 Å². The van der Waals surface area contributed by atoms with Gasteiger partial charge in [0.05, 0.1) is 18.0 Å². The summed E-state index contributed by atoms with van der Waals surface area (Å²) >= 11 is 0. The number of amides is 2. The lowest BCUT2D eigenvalue weighted by Crippen LogP contribution is -2.34. The van der Waals surface area contributed by atoms with Crippen molar-refractivity contribution in [1.82, 2.24) is 14.7 Å². The molecule has 1 aromatic rings. The quantitative estimate of drug-likeness (QED) is 0.738. The van der Waals surface area contributed by atoms with Crippen LogP contribution in [-0.4, -0.2) is 56.1 Å². The molecule has 0 radical (unpaired) electrons. The predicted octanol–water partition coefficient (Wildman–Crippen LogP) is 0.202. The molecule has 3 unspecified atom stereocenters. The molecule has 1 saturated heterocycles. The Morgan fingerprint density at radius 3 is 2.90 bits per heavy atom. The lowest BCUT2D eigenvalue weighted by Gasteiger charge is -2.18. The lowest BCUT2D eigenvalue weighted by molar-refractivity contribution is -0.137. The predicted molar refractivity (Wildman–Crippen MR) is 72.7 cm³/mol. The second-order valence-electron chi connectivity index (χ2n) is 5.72. The van der Waals surface area contributed by atoms with Gasteiger partial charge in [-0.3, -0.25) is 9.48 Å². The number of likely N-dealkylation sites (tertiary alicyclic amines) is 1. The zero-order chi connectivity index (χ0) is 15.0. The van der Waals surface area contributed by atoms with Gasteiger partial charge in [0.2, 0.25) is 0 Å². The van der Waals surface area contributed by atoms with Crippen molar-refractivity contribution < 1.29 is 19.8 Å². The number of aliphatic hydroxyl groups is 1. The average Bonchev–Trinajstić information content (AvgIpc) is 3.08. The molecule has 2 aliphatic rings. The fourth-order valence-electron chi connectivity index (χ4n) is 3.26. The van der Waals surface area contributed by atoms with E-state index in [9.17, 15) is 14.7 Å². The summed E-state index contributed by atoms with van der Waals surface area (Å²) in [5.41, 5.74) is 0.471. The van der Waals surface area contributed by atoms with Crippen LogP contribution < -0.4 is 5.32 Å². The van der Waals surface area contributed by atoms with Gasteiger partial charge in [0, 0.05) is 25.2 Å². The zero-order valence-electron chi connectivity index (χ0n) is 11.5. The molecule has 0 bridgehead atoms. The molecule has 2 amide bonds. The summed E-state index contributed by atoms with van der Waals surface area (Å²) < 4.78 is 1.25. The number of urea groups is 1. The van der Waals surface area contributed by atoms with Crippen LogP contribution in [0.3, 0.4) is 0 Å². The van der Waals surface area contributed by atoms with Crippen LogP contribution in [0.15, 0.2) is 12.4 Å². The third-order valence-electron chi connectivity index (χ3n) is 4.29. The Labute approximate surface area is 121 Å². The maximum absolute atomic E-state index is 12.2. The number of aliphatic carboxylic acids is 1. The summed E-state index contributed by atoms with van der Waals surface area (Å²) in [5.74, 6) is -0.414. The Hall–Kier alpha value is -2.09. The monoisotopic (exact) mass is 294 g/mol. The molecule has 2 heterocycles. The average molecular weight is 294 g/mol. The Kier molecular flexibility index (Phi) is 3.54. The van der Waals surface area contributed by atoms with Crippen molar-refractivity contribution in [3.63, 3.8) is 0 Å². The number of carboxylic acid groups (broad SMARTS) is 1. The molecule has 1 aliphatic carbocycles. The van der Waals surface area contributed by atoms with Gasteiger partial charge in [-0.2, -0.15) is 5.10 Å². The minimum Gasteiger partial charge on any atom is -0.480 e. The highest BCUT2D eigenvalue weighted by molar-refractivity contribution is 5.89. The zero-order valence-corrected chi connectivity index (χ0v) is 11.5. The third-order valence-corrected chi connectivity index (χ3v) is 4.29. The van der Waals surface area contributed by atoms with E-state index >= 15 is 0 Å². The van der Waals surface area contributed by atoms with Crippen LogP contribution in [0, 0.1) is 11.8 Å². The topological polar surface area (TPSA) is 108 Å². The standard InChI is InChI=1S/C13H18N4O4/c18-11-2-1-8-4-16(6-10(8)11)13(21)15-9-3-14-17(5-9)7-12(19)20/h3,5,8,10-11,18H,1-2,4,6-7H2,(H,15,21)(H,19,20). The summed E-state index contributed by atoms with van der Waals surface area (Å²) in [6, 6.07) is -0.230. The molecule has 1 saturated carbocycles. The maximum Gasteiger partial charge on any atom is 0.325 e. The fourth-order valence-corrected chi connectivity index (χ4v) is 3.26. The Morgan fingerprint density at radius 1 is 1.38 bits per heavy atom.